The summed E-state index contributed by atoms with van der Waals surface area (Å²) in [4.78, 5) is 27.1. The molecular formula is C14H20N2O2. The largest absolute Gasteiger partial charge is 0.337 e. The van der Waals surface area contributed by atoms with Gasteiger partial charge >= 0.3 is 0 Å². The van der Waals surface area contributed by atoms with Gasteiger partial charge < -0.3 is 9.69 Å². The first-order valence-electron chi connectivity index (χ1n) is 6.30. The van der Waals surface area contributed by atoms with E-state index in [-0.39, 0.29) is 11.8 Å². The number of amides is 1. The van der Waals surface area contributed by atoms with E-state index in [2.05, 4.69) is 4.98 Å². The minimum absolute atomic E-state index is 0.0677. The van der Waals surface area contributed by atoms with Gasteiger partial charge in [0.1, 0.15) is 12.0 Å². The average Bonchev–Trinajstić information content (AvgIpc) is 2.93. The van der Waals surface area contributed by atoms with Crippen LogP contribution < -0.4 is 0 Å². The highest BCUT2D eigenvalue weighted by molar-refractivity contribution is 5.92. The van der Waals surface area contributed by atoms with Crippen LogP contribution in [0.25, 0.3) is 0 Å². The van der Waals surface area contributed by atoms with E-state index in [0.29, 0.717) is 5.69 Å². The van der Waals surface area contributed by atoms with Crippen LogP contribution in [-0.4, -0.2) is 35.2 Å². The molecule has 1 fully saturated rings. The Kier molecular flexibility index (Phi) is 6.05. The molecule has 1 aromatic rings. The molecule has 2 rings (SSSR count). The van der Waals surface area contributed by atoms with Crippen LogP contribution in [0.4, 0.5) is 0 Å². The number of hydrogen-bond acceptors (Lipinski definition) is 3. The second-order valence-electron chi connectivity index (χ2n) is 4.59. The monoisotopic (exact) mass is 248 g/mol. The third kappa shape index (κ3) is 4.65. The van der Waals surface area contributed by atoms with Crippen molar-refractivity contribution in [2.75, 3.05) is 13.1 Å². The number of rotatable bonds is 2. The van der Waals surface area contributed by atoms with Crippen molar-refractivity contribution in [3.8, 4) is 0 Å². The lowest BCUT2D eigenvalue weighted by Gasteiger charge is -2.13. The zero-order valence-corrected chi connectivity index (χ0v) is 11.0. The molecule has 0 bridgehead atoms. The van der Waals surface area contributed by atoms with E-state index in [1.165, 1.54) is 0 Å². The second kappa shape index (κ2) is 7.58. The number of aromatic nitrogens is 1. The number of pyridine rings is 1. The SMILES string of the molecule is CC(C)C=O.O=C(c1ccccn1)N1CCCC1. The van der Waals surface area contributed by atoms with Crippen molar-refractivity contribution in [1.82, 2.24) is 9.88 Å². The topological polar surface area (TPSA) is 50.3 Å². The van der Waals surface area contributed by atoms with Crippen LogP contribution in [0.5, 0.6) is 0 Å². The van der Waals surface area contributed by atoms with E-state index < -0.39 is 0 Å². The van der Waals surface area contributed by atoms with Crippen LogP contribution in [-0.2, 0) is 4.79 Å². The molecule has 0 N–H and O–H groups in total. The van der Waals surface area contributed by atoms with Crippen LogP contribution in [0.15, 0.2) is 24.4 Å². The van der Waals surface area contributed by atoms with Crippen LogP contribution in [0.2, 0.25) is 0 Å². The molecule has 18 heavy (non-hydrogen) atoms. The van der Waals surface area contributed by atoms with Crippen molar-refractivity contribution >= 4 is 12.2 Å². The summed E-state index contributed by atoms with van der Waals surface area (Å²) in [7, 11) is 0. The first-order chi connectivity index (χ1) is 8.65. The molecule has 2 heterocycles. The summed E-state index contributed by atoms with van der Waals surface area (Å²) in [6.45, 7) is 5.48. The third-order valence-electron chi connectivity index (χ3n) is 2.55. The molecule has 0 spiro atoms. The lowest BCUT2D eigenvalue weighted by molar-refractivity contribution is -0.110. The maximum atomic E-state index is 11.7. The smallest absolute Gasteiger partial charge is 0.272 e. The highest BCUT2D eigenvalue weighted by atomic mass is 16.2. The van der Waals surface area contributed by atoms with E-state index in [0.717, 1.165) is 32.2 Å². The molecule has 0 radical (unpaired) electrons. The first kappa shape index (κ1) is 14.4. The highest BCUT2D eigenvalue weighted by Crippen LogP contribution is 2.10. The molecular weight excluding hydrogens is 228 g/mol. The zero-order chi connectivity index (χ0) is 13.4. The number of carbonyl (C=O) groups is 2. The van der Waals surface area contributed by atoms with Gasteiger partial charge in [-0.1, -0.05) is 19.9 Å². The summed E-state index contributed by atoms with van der Waals surface area (Å²) in [6.07, 6.45) is 4.82. The van der Waals surface area contributed by atoms with Crippen molar-refractivity contribution in [2.24, 2.45) is 5.92 Å². The Hall–Kier alpha value is -1.71. The normalized spacial score (nSPS) is 14.1. The van der Waals surface area contributed by atoms with Gasteiger partial charge in [0.05, 0.1) is 0 Å². The summed E-state index contributed by atoms with van der Waals surface area (Å²) in [5.41, 5.74) is 0.560. The molecule has 4 nitrogen and oxygen atoms in total. The molecule has 98 valence electrons. The Morgan fingerprint density at radius 3 is 2.39 bits per heavy atom. The van der Waals surface area contributed by atoms with Crippen molar-refractivity contribution in [1.29, 1.82) is 0 Å². The van der Waals surface area contributed by atoms with Crippen LogP contribution in [0, 0.1) is 5.92 Å². The fraction of sp³-hybridized carbons (Fsp3) is 0.500. The van der Waals surface area contributed by atoms with Gasteiger partial charge in [0.15, 0.2) is 0 Å². The number of likely N-dealkylation sites (tertiary alicyclic amines) is 1. The van der Waals surface area contributed by atoms with Crippen LogP contribution >= 0.6 is 0 Å². The molecule has 1 aliphatic heterocycles. The van der Waals surface area contributed by atoms with Crippen molar-refractivity contribution in [3.63, 3.8) is 0 Å². The maximum absolute atomic E-state index is 11.7. The second-order valence-corrected chi connectivity index (χ2v) is 4.59. The summed E-state index contributed by atoms with van der Waals surface area (Å²) >= 11 is 0. The maximum Gasteiger partial charge on any atom is 0.272 e. The van der Waals surface area contributed by atoms with Gasteiger partial charge in [0.25, 0.3) is 5.91 Å². The van der Waals surface area contributed by atoms with E-state index in [4.69, 9.17) is 0 Å². The molecule has 4 heteroatoms. The van der Waals surface area contributed by atoms with Gasteiger partial charge in [-0.15, -0.1) is 0 Å². The summed E-state index contributed by atoms with van der Waals surface area (Å²) < 4.78 is 0. The van der Waals surface area contributed by atoms with Gasteiger partial charge in [-0.25, -0.2) is 0 Å². The molecule has 1 aromatic heterocycles. The van der Waals surface area contributed by atoms with Crippen molar-refractivity contribution in [3.05, 3.63) is 30.1 Å². The minimum Gasteiger partial charge on any atom is -0.337 e. The number of aldehydes is 1. The molecule has 0 saturated carbocycles. The van der Waals surface area contributed by atoms with Crippen molar-refractivity contribution in [2.45, 2.75) is 26.7 Å². The van der Waals surface area contributed by atoms with Gasteiger partial charge in [0, 0.05) is 25.2 Å². The van der Waals surface area contributed by atoms with Crippen LogP contribution in [0.1, 0.15) is 37.2 Å². The Labute approximate surface area is 108 Å². The first-order valence-corrected chi connectivity index (χ1v) is 6.30. The zero-order valence-electron chi connectivity index (χ0n) is 11.0. The molecule has 0 unspecified atom stereocenters. The number of hydrogen-bond donors (Lipinski definition) is 0. The van der Waals surface area contributed by atoms with E-state index in [1.807, 2.05) is 30.9 Å². The van der Waals surface area contributed by atoms with Crippen molar-refractivity contribution < 1.29 is 9.59 Å². The third-order valence-corrected chi connectivity index (χ3v) is 2.55. The van der Waals surface area contributed by atoms with E-state index >= 15 is 0 Å². The molecule has 0 atom stereocenters. The van der Waals surface area contributed by atoms with Gasteiger partial charge in [-0.05, 0) is 25.0 Å². The Morgan fingerprint density at radius 1 is 1.33 bits per heavy atom. The highest BCUT2D eigenvalue weighted by Gasteiger charge is 2.19. The number of nitrogens with zero attached hydrogens (tertiary/aromatic N) is 2. The summed E-state index contributed by atoms with van der Waals surface area (Å²) in [5.74, 6) is 0.271. The van der Waals surface area contributed by atoms with Crippen LogP contribution in [0.3, 0.4) is 0 Å². The van der Waals surface area contributed by atoms with Gasteiger partial charge in [0.2, 0.25) is 0 Å². The molecule has 0 aromatic carbocycles. The molecule has 0 aliphatic carbocycles. The molecule has 1 aliphatic rings. The minimum atomic E-state index is 0.0677. The Morgan fingerprint density at radius 2 is 1.94 bits per heavy atom. The summed E-state index contributed by atoms with van der Waals surface area (Å²) in [6, 6.07) is 5.43. The Balaban J connectivity index is 0.000000280. The standard InChI is InChI=1S/C10H12N2O.C4H8O/c13-10(12-7-3-4-8-12)9-5-1-2-6-11-9;1-4(2)3-5/h1-2,5-6H,3-4,7-8H2;3-4H,1-2H3. The fourth-order valence-corrected chi connectivity index (χ4v) is 1.57. The molecule has 1 saturated heterocycles. The lowest BCUT2D eigenvalue weighted by atomic mass is 10.3. The lowest BCUT2D eigenvalue weighted by Crippen LogP contribution is -2.28. The van der Waals surface area contributed by atoms with E-state index in [1.54, 1.807) is 12.3 Å². The predicted molar refractivity (Wildman–Crippen MR) is 70.3 cm³/mol. The molecule has 1 amide bonds. The summed E-state index contributed by atoms with van der Waals surface area (Å²) in [5, 5.41) is 0. The predicted octanol–water partition coefficient (Wildman–Crippen LogP) is 2.16. The fourth-order valence-electron chi connectivity index (χ4n) is 1.57. The number of carbonyl (C=O) groups excluding carboxylic acids is 2. The van der Waals surface area contributed by atoms with E-state index in [9.17, 15) is 9.59 Å². The van der Waals surface area contributed by atoms with Gasteiger partial charge in [-0.3, -0.25) is 9.78 Å². The Bertz CT molecular complexity index is 371. The van der Waals surface area contributed by atoms with Gasteiger partial charge in [-0.2, -0.15) is 0 Å². The average molecular weight is 248 g/mol. The quantitative estimate of drug-likeness (QED) is 0.754.